The van der Waals surface area contributed by atoms with Gasteiger partial charge in [-0.15, -0.1) is 0 Å². The van der Waals surface area contributed by atoms with E-state index in [1.165, 1.54) is 12.1 Å². The molecule has 0 saturated carbocycles. The Kier molecular flexibility index (Phi) is 3.40. The van der Waals surface area contributed by atoms with Gasteiger partial charge >= 0.3 is 0 Å². The van der Waals surface area contributed by atoms with Gasteiger partial charge in [0.1, 0.15) is 5.82 Å². The number of nitrogens with zero attached hydrogens (tertiary/aromatic N) is 2. The van der Waals surface area contributed by atoms with Gasteiger partial charge in [0.15, 0.2) is 0 Å². The van der Waals surface area contributed by atoms with Crippen LogP contribution < -0.4 is 0 Å². The van der Waals surface area contributed by atoms with Gasteiger partial charge in [-0.05, 0) is 49.8 Å². The molecule has 0 radical (unpaired) electrons. The van der Waals surface area contributed by atoms with E-state index in [4.69, 9.17) is 0 Å². The SMILES string of the molecule is Cc1cc(C(=O)N2CC3CC=CCC3C2)c2ccc(F)cc2n1. The molecule has 0 N–H and O–H groups in total. The lowest BCUT2D eigenvalue weighted by atomic mass is 9.86. The summed E-state index contributed by atoms with van der Waals surface area (Å²) in [4.78, 5) is 19.3. The maximum Gasteiger partial charge on any atom is 0.254 e. The van der Waals surface area contributed by atoms with Crippen LogP contribution in [0.2, 0.25) is 0 Å². The molecule has 2 atom stereocenters. The number of fused-ring (bicyclic) bond motifs is 2. The van der Waals surface area contributed by atoms with Crippen molar-refractivity contribution in [1.29, 1.82) is 0 Å². The Hall–Kier alpha value is -2.23. The van der Waals surface area contributed by atoms with Crippen molar-refractivity contribution in [2.24, 2.45) is 11.8 Å². The number of halogens is 1. The largest absolute Gasteiger partial charge is 0.338 e. The second-order valence-corrected chi connectivity index (χ2v) is 6.65. The first-order valence-corrected chi connectivity index (χ1v) is 8.13. The van der Waals surface area contributed by atoms with Crippen LogP contribution in [0.1, 0.15) is 28.9 Å². The van der Waals surface area contributed by atoms with E-state index in [0.29, 0.717) is 22.9 Å². The molecule has 1 aromatic heterocycles. The lowest BCUT2D eigenvalue weighted by molar-refractivity contribution is 0.0786. The van der Waals surface area contributed by atoms with E-state index in [9.17, 15) is 9.18 Å². The van der Waals surface area contributed by atoms with Crippen molar-refractivity contribution in [3.63, 3.8) is 0 Å². The molecule has 0 bridgehead atoms. The third-order valence-corrected chi connectivity index (χ3v) is 5.04. The Morgan fingerprint density at radius 2 is 1.87 bits per heavy atom. The number of benzene rings is 1. The summed E-state index contributed by atoms with van der Waals surface area (Å²) in [6.07, 6.45) is 6.58. The predicted molar refractivity (Wildman–Crippen MR) is 87.7 cm³/mol. The topological polar surface area (TPSA) is 33.2 Å². The highest BCUT2D eigenvalue weighted by atomic mass is 19.1. The highest BCUT2D eigenvalue weighted by Crippen LogP contribution is 2.34. The van der Waals surface area contributed by atoms with Gasteiger partial charge in [0, 0.05) is 30.2 Å². The number of carbonyl (C=O) groups is 1. The molecule has 2 aliphatic rings. The third kappa shape index (κ3) is 2.52. The van der Waals surface area contributed by atoms with Gasteiger partial charge in [-0.25, -0.2) is 4.39 Å². The first-order valence-electron chi connectivity index (χ1n) is 8.13. The average Bonchev–Trinajstić information content (AvgIpc) is 2.97. The van der Waals surface area contributed by atoms with Gasteiger partial charge in [0.05, 0.1) is 11.1 Å². The van der Waals surface area contributed by atoms with Crippen molar-refractivity contribution in [1.82, 2.24) is 9.88 Å². The van der Waals surface area contributed by atoms with E-state index in [1.54, 1.807) is 6.07 Å². The van der Waals surface area contributed by atoms with Gasteiger partial charge in [0.2, 0.25) is 0 Å². The maximum absolute atomic E-state index is 13.5. The van der Waals surface area contributed by atoms with Crippen LogP contribution >= 0.6 is 0 Å². The molecule has 1 saturated heterocycles. The van der Waals surface area contributed by atoms with Gasteiger partial charge in [0.25, 0.3) is 5.91 Å². The Bertz CT molecular complexity index is 793. The molecule has 2 heterocycles. The molecule has 23 heavy (non-hydrogen) atoms. The van der Waals surface area contributed by atoms with Crippen LogP contribution in [-0.4, -0.2) is 28.9 Å². The standard InChI is InChI=1S/C19H19FN2O/c1-12-8-17(16-7-6-15(20)9-18(16)21-12)19(23)22-10-13-4-2-3-5-14(13)11-22/h2-3,6-9,13-14H,4-5,10-11H2,1H3. The average molecular weight is 310 g/mol. The summed E-state index contributed by atoms with van der Waals surface area (Å²) in [5, 5.41) is 0.731. The normalized spacial score (nSPS) is 23.3. The number of allylic oxidation sites excluding steroid dienone is 2. The van der Waals surface area contributed by atoms with Gasteiger partial charge in [-0.3, -0.25) is 9.78 Å². The second-order valence-electron chi connectivity index (χ2n) is 6.65. The number of aromatic nitrogens is 1. The van der Waals surface area contributed by atoms with Crippen molar-refractivity contribution in [2.45, 2.75) is 19.8 Å². The number of aryl methyl sites for hydroxylation is 1. The van der Waals surface area contributed by atoms with Crippen LogP contribution in [0.15, 0.2) is 36.4 Å². The molecule has 4 heteroatoms. The van der Waals surface area contributed by atoms with E-state index in [1.807, 2.05) is 17.9 Å². The molecule has 1 aliphatic heterocycles. The maximum atomic E-state index is 13.5. The monoisotopic (exact) mass is 310 g/mol. The highest BCUT2D eigenvalue weighted by molar-refractivity contribution is 6.06. The Labute approximate surface area is 134 Å². The zero-order chi connectivity index (χ0) is 16.0. The smallest absolute Gasteiger partial charge is 0.254 e. The quantitative estimate of drug-likeness (QED) is 0.752. The summed E-state index contributed by atoms with van der Waals surface area (Å²) in [6, 6.07) is 6.27. The van der Waals surface area contributed by atoms with Crippen LogP contribution in [0.4, 0.5) is 4.39 Å². The number of rotatable bonds is 1. The van der Waals surface area contributed by atoms with Crippen LogP contribution in [0.25, 0.3) is 10.9 Å². The molecule has 1 aromatic carbocycles. The molecule has 1 aliphatic carbocycles. The van der Waals surface area contributed by atoms with Gasteiger partial charge in [-0.2, -0.15) is 0 Å². The van der Waals surface area contributed by atoms with Crippen LogP contribution in [0.3, 0.4) is 0 Å². The number of likely N-dealkylation sites (tertiary alicyclic amines) is 1. The summed E-state index contributed by atoms with van der Waals surface area (Å²) in [7, 11) is 0. The number of hydrogen-bond acceptors (Lipinski definition) is 2. The van der Waals surface area contributed by atoms with E-state index >= 15 is 0 Å². The van der Waals surface area contributed by atoms with Crippen LogP contribution in [0.5, 0.6) is 0 Å². The van der Waals surface area contributed by atoms with Crippen molar-refractivity contribution in [2.75, 3.05) is 13.1 Å². The summed E-state index contributed by atoms with van der Waals surface area (Å²) in [5.74, 6) is 0.875. The van der Waals surface area contributed by atoms with E-state index in [0.717, 1.165) is 37.0 Å². The summed E-state index contributed by atoms with van der Waals surface area (Å²) in [5.41, 5.74) is 1.93. The number of amides is 1. The second kappa shape index (κ2) is 5.44. The highest BCUT2D eigenvalue weighted by Gasteiger charge is 2.35. The first-order chi connectivity index (χ1) is 11.1. The molecule has 118 valence electrons. The van der Waals surface area contributed by atoms with Crippen molar-refractivity contribution in [3.8, 4) is 0 Å². The molecular weight excluding hydrogens is 291 g/mol. The van der Waals surface area contributed by atoms with Crippen molar-refractivity contribution >= 4 is 16.8 Å². The molecule has 2 unspecified atom stereocenters. The van der Waals surface area contributed by atoms with E-state index < -0.39 is 0 Å². The molecule has 4 rings (SSSR count). The van der Waals surface area contributed by atoms with Gasteiger partial charge in [-0.1, -0.05) is 12.2 Å². The lowest BCUT2D eigenvalue weighted by Gasteiger charge is -2.18. The number of hydrogen-bond donors (Lipinski definition) is 0. The van der Waals surface area contributed by atoms with Crippen molar-refractivity contribution in [3.05, 3.63) is 53.5 Å². The Morgan fingerprint density at radius 1 is 1.17 bits per heavy atom. The van der Waals surface area contributed by atoms with Crippen molar-refractivity contribution < 1.29 is 9.18 Å². The summed E-state index contributed by atoms with van der Waals surface area (Å²) < 4.78 is 13.5. The van der Waals surface area contributed by atoms with Gasteiger partial charge < -0.3 is 4.90 Å². The molecule has 1 amide bonds. The molecule has 3 nitrogen and oxygen atoms in total. The zero-order valence-corrected chi connectivity index (χ0v) is 13.1. The molecule has 1 fully saturated rings. The first kappa shape index (κ1) is 14.4. The summed E-state index contributed by atoms with van der Waals surface area (Å²) >= 11 is 0. The molecule has 0 spiro atoms. The minimum atomic E-state index is -0.327. The fourth-order valence-electron chi connectivity index (χ4n) is 3.86. The molecular formula is C19H19FN2O. The number of pyridine rings is 1. The van der Waals surface area contributed by atoms with Crippen LogP contribution in [0, 0.1) is 24.6 Å². The Balaban J connectivity index is 1.70. The minimum absolute atomic E-state index is 0.0431. The minimum Gasteiger partial charge on any atom is -0.338 e. The summed E-state index contributed by atoms with van der Waals surface area (Å²) in [6.45, 7) is 3.48. The van der Waals surface area contributed by atoms with Crippen LogP contribution in [-0.2, 0) is 0 Å². The molecule has 2 aromatic rings. The third-order valence-electron chi connectivity index (χ3n) is 5.04. The zero-order valence-electron chi connectivity index (χ0n) is 13.1. The predicted octanol–water partition coefficient (Wildman–Crippen LogP) is 3.72. The lowest BCUT2D eigenvalue weighted by Crippen LogP contribution is -2.29. The fourth-order valence-corrected chi connectivity index (χ4v) is 3.86. The number of carbonyl (C=O) groups excluding carboxylic acids is 1. The van der Waals surface area contributed by atoms with E-state index in [-0.39, 0.29) is 11.7 Å². The Morgan fingerprint density at radius 3 is 2.57 bits per heavy atom. The van der Waals surface area contributed by atoms with E-state index in [2.05, 4.69) is 17.1 Å². The fraction of sp³-hybridized carbons (Fsp3) is 0.368.